The zero-order chi connectivity index (χ0) is 15.5. The van der Waals surface area contributed by atoms with E-state index < -0.39 is 60.1 Å². The molecule has 1 aliphatic heterocycles. The zero-order valence-corrected chi connectivity index (χ0v) is 13.0. The van der Waals surface area contributed by atoms with Crippen LogP contribution < -0.4 is 0 Å². The SMILES string of the molecule is O=S(=O)(O)O[C@@H](CO)[C@@H](O)C[Se+]1C[C@@H](O)[C@H](O)[C@H]1CO. The number of aliphatic hydroxyl groups excluding tert-OH is 5. The minimum absolute atomic E-state index is 0.0140. The molecule has 1 rings (SSSR count). The van der Waals surface area contributed by atoms with Gasteiger partial charge in [0.1, 0.15) is 0 Å². The summed E-state index contributed by atoms with van der Waals surface area (Å²) in [5.41, 5.74) is 0. The van der Waals surface area contributed by atoms with Crippen LogP contribution in [0.2, 0.25) is 15.5 Å². The Kier molecular flexibility index (Phi) is 6.80. The number of hydrogen-bond donors (Lipinski definition) is 6. The summed E-state index contributed by atoms with van der Waals surface area (Å²) in [6.45, 7) is -1.17. The molecule has 6 N–H and O–H groups in total. The van der Waals surface area contributed by atoms with Gasteiger partial charge in [0.05, 0.1) is 0 Å². The monoisotopic (exact) mass is 383 g/mol. The second-order valence-corrected chi connectivity index (χ2v) is 10.4. The van der Waals surface area contributed by atoms with Crippen molar-refractivity contribution in [3.05, 3.63) is 0 Å². The summed E-state index contributed by atoms with van der Waals surface area (Å²) >= 11 is -1.82. The molecule has 0 amide bonds. The van der Waals surface area contributed by atoms with Crippen LogP contribution in [-0.2, 0) is 14.6 Å². The Balaban J connectivity index is 2.66. The summed E-state index contributed by atoms with van der Waals surface area (Å²) in [6.07, 6.45) is -4.98. The van der Waals surface area contributed by atoms with Crippen molar-refractivity contribution in [3.8, 4) is 0 Å². The molecule has 1 saturated heterocycles. The van der Waals surface area contributed by atoms with E-state index in [2.05, 4.69) is 4.18 Å². The van der Waals surface area contributed by atoms with E-state index in [1.54, 1.807) is 0 Å². The number of rotatable bonds is 7. The van der Waals surface area contributed by atoms with Crippen LogP contribution in [0.25, 0.3) is 0 Å². The number of aliphatic hydroxyl groups is 5. The van der Waals surface area contributed by atoms with Crippen molar-refractivity contribution in [2.24, 2.45) is 0 Å². The molecule has 0 saturated carbocycles. The average Bonchev–Trinajstić information content (AvgIpc) is 2.60. The molecule has 9 nitrogen and oxygen atoms in total. The van der Waals surface area contributed by atoms with Crippen LogP contribution in [0.4, 0.5) is 0 Å². The third-order valence-electron chi connectivity index (χ3n) is 3.01. The first-order chi connectivity index (χ1) is 9.19. The fourth-order valence-electron chi connectivity index (χ4n) is 1.99. The quantitative estimate of drug-likeness (QED) is 0.200. The molecular weight excluding hydrogens is 363 g/mol. The van der Waals surface area contributed by atoms with Crippen molar-refractivity contribution in [1.82, 2.24) is 0 Å². The van der Waals surface area contributed by atoms with Crippen molar-refractivity contribution >= 4 is 24.3 Å². The molecule has 0 spiro atoms. The van der Waals surface area contributed by atoms with E-state index in [9.17, 15) is 28.8 Å². The molecule has 0 aromatic heterocycles. The summed E-state index contributed by atoms with van der Waals surface area (Å²) in [5, 5.41) is 47.4. The standard InChI is InChI=1S/C9H18O9SSe/c10-1-7(18-19(15,16)17)5(12)3-20-4-6(13)9(14)8(20)2-11/h5-14H,1-4H2/p+1/t5-,6+,7-,8+,9-,20?/m0/s1. The molecule has 0 aromatic rings. The van der Waals surface area contributed by atoms with Crippen LogP contribution in [0.3, 0.4) is 0 Å². The molecule has 0 aromatic carbocycles. The van der Waals surface area contributed by atoms with Crippen LogP contribution in [0, 0.1) is 0 Å². The van der Waals surface area contributed by atoms with Gasteiger partial charge in [-0.1, -0.05) is 0 Å². The van der Waals surface area contributed by atoms with Gasteiger partial charge in [-0.2, -0.15) is 0 Å². The van der Waals surface area contributed by atoms with Crippen LogP contribution in [0.15, 0.2) is 0 Å². The van der Waals surface area contributed by atoms with Crippen LogP contribution in [0.5, 0.6) is 0 Å². The summed E-state index contributed by atoms with van der Waals surface area (Å²) in [5.74, 6) is 0. The van der Waals surface area contributed by atoms with Crippen LogP contribution in [0.1, 0.15) is 0 Å². The minimum atomic E-state index is -4.81. The molecule has 120 valence electrons. The second kappa shape index (κ2) is 7.45. The average molecular weight is 382 g/mol. The fourth-order valence-corrected chi connectivity index (χ4v) is 8.17. The van der Waals surface area contributed by atoms with Gasteiger partial charge >= 0.3 is 120 Å². The van der Waals surface area contributed by atoms with Crippen LogP contribution >= 0.6 is 0 Å². The second-order valence-electron chi connectivity index (χ2n) is 4.46. The Morgan fingerprint density at radius 2 is 1.90 bits per heavy atom. The molecule has 1 aliphatic rings. The molecule has 0 radical (unpaired) electrons. The van der Waals surface area contributed by atoms with Gasteiger partial charge in [-0.15, -0.1) is 0 Å². The van der Waals surface area contributed by atoms with Gasteiger partial charge in [0.15, 0.2) is 0 Å². The maximum atomic E-state index is 10.6. The van der Waals surface area contributed by atoms with Crippen molar-refractivity contribution in [2.75, 3.05) is 13.2 Å². The third kappa shape index (κ3) is 4.88. The van der Waals surface area contributed by atoms with E-state index in [4.69, 9.17) is 9.66 Å². The molecule has 11 heteroatoms. The fraction of sp³-hybridized carbons (Fsp3) is 1.00. The van der Waals surface area contributed by atoms with Gasteiger partial charge in [0.25, 0.3) is 0 Å². The van der Waals surface area contributed by atoms with Crippen molar-refractivity contribution in [3.63, 3.8) is 0 Å². The van der Waals surface area contributed by atoms with E-state index in [1.165, 1.54) is 0 Å². The molecule has 1 fully saturated rings. The van der Waals surface area contributed by atoms with Gasteiger partial charge in [0.2, 0.25) is 0 Å². The van der Waals surface area contributed by atoms with E-state index in [0.717, 1.165) is 0 Å². The molecule has 0 bridgehead atoms. The predicted octanol–water partition coefficient (Wildman–Crippen LogP) is -2.88. The van der Waals surface area contributed by atoms with Gasteiger partial charge < -0.3 is 0 Å². The van der Waals surface area contributed by atoms with E-state index in [1.807, 2.05) is 0 Å². The van der Waals surface area contributed by atoms with E-state index >= 15 is 0 Å². The van der Waals surface area contributed by atoms with Crippen molar-refractivity contribution < 1.29 is 42.7 Å². The topological polar surface area (TPSA) is 165 Å². The van der Waals surface area contributed by atoms with Crippen molar-refractivity contribution in [1.29, 1.82) is 0 Å². The first-order valence-corrected chi connectivity index (χ1v) is 10.5. The zero-order valence-electron chi connectivity index (χ0n) is 10.4. The summed E-state index contributed by atoms with van der Waals surface area (Å²) in [7, 11) is -4.81. The summed E-state index contributed by atoms with van der Waals surface area (Å²) in [6, 6.07) is 0. The Morgan fingerprint density at radius 1 is 1.30 bits per heavy atom. The normalized spacial score (nSPS) is 34.1. The predicted molar refractivity (Wildman–Crippen MR) is 67.7 cm³/mol. The molecule has 20 heavy (non-hydrogen) atoms. The van der Waals surface area contributed by atoms with Gasteiger partial charge in [-0.3, -0.25) is 0 Å². The van der Waals surface area contributed by atoms with Gasteiger partial charge in [-0.05, 0) is 0 Å². The van der Waals surface area contributed by atoms with Gasteiger partial charge in [-0.25, -0.2) is 0 Å². The first-order valence-electron chi connectivity index (χ1n) is 5.77. The number of hydrogen-bond acceptors (Lipinski definition) is 8. The Morgan fingerprint density at radius 3 is 2.35 bits per heavy atom. The third-order valence-corrected chi connectivity index (χ3v) is 9.42. The van der Waals surface area contributed by atoms with Gasteiger partial charge in [0, 0.05) is 0 Å². The molecular formula is C9H19O9SSe+. The Bertz CT molecular complexity index is 402. The Labute approximate surface area is 120 Å². The van der Waals surface area contributed by atoms with E-state index in [0.29, 0.717) is 0 Å². The Hall–Kier alpha value is 0.189. The van der Waals surface area contributed by atoms with E-state index in [-0.39, 0.29) is 17.2 Å². The molecule has 0 aliphatic carbocycles. The maximum absolute atomic E-state index is 10.6. The molecule has 1 heterocycles. The summed E-state index contributed by atoms with van der Waals surface area (Å²) in [4.78, 5) is -0.537. The molecule has 1 unspecified atom stereocenters. The van der Waals surface area contributed by atoms with Crippen molar-refractivity contribution in [2.45, 2.75) is 39.9 Å². The summed E-state index contributed by atoms with van der Waals surface area (Å²) < 4.78 is 33.8. The first kappa shape index (κ1) is 18.2. The molecule has 6 atom stereocenters. The van der Waals surface area contributed by atoms with Crippen LogP contribution in [-0.4, -0.2) is 90.0 Å².